The van der Waals surface area contributed by atoms with E-state index < -0.39 is 0 Å². The van der Waals surface area contributed by atoms with E-state index in [4.69, 9.17) is 9.57 Å². The van der Waals surface area contributed by atoms with Crippen molar-refractivity contribution in [2.75, 3.05) is 0 Å². The molecule has 2 aliphatic rings. The first kappa shape index (κ1) is 18.5. The zero-order chi connectivity index (χ0) is 18.4. The van der Waals surface area contributed by atoms with E-state index in [0.717, 1.165) is 18.4 Å². The van der Waals surface area contributed by atoms with Gasteiger partial charge in [0.1, 0.15) is 0 Å². The topological polar surface area (TPSA) is 51.1 Å². The molecule has 1 amide bonds. The molecule has 2 heterocycles. The molecule has 3 unspecified atom stereocenters. The number of hydrogen-bond acceptors (Lipinski definition) is 4. The van der Waals surface area contributed by atoms with E-state index in [0.29, 0.717) is 12.3 Å². The number of ether oxygens (including phenoxy) is 1. The molecule has 5 heteroatoms. The fourth-order valence-corrected chi connectivity index (χ4v) is 3.58. The third kappa shape index (κ3) is 4.45. The Bertz CT molecular complexity index is 656. The van der Waals surface area contributed by atoms with Crippen LogP contribution in [0.1, 0.15) is 51.5 Å². The van der Waals surface area contributed by atoms with E-state index >= 15 is 0 Å². The highest BCUT2D eigenvalue weighted by Crippen LogP contribution is 2.29. The molecule has 5 nitrogen and oxygen atoms in total. The van der Waals surface area contributed by atoms with Crippen molar-refractivity contribution in [3.8, 4) is 0 Å². The van der Waals surface area contributed by atoms with Crippen LogP contribution in [0.2, 0.25) is 0 Å². The predicted molar refractivity (Wildman–Crippen MR) is 102 cm³/mol. The zero-order valence-corrected chi connectivity index (χ0v) is 15.6. The molecule has 0 aromatic heterocycles. The van der Waals surface area contributed by atoms with Gasteiger partial charge in [-0.3, -0.25) is 4.79 Å². The lowest BCUT2D eigenvalue weighted by Crippen LogP contribution is -2.54. The van der Waals surface area contributed by atoms with Crippen LogP contribution in [0.4, 0.5) is 0 Å². The number of oxime groups is 1. The van der Waals surface area contributed by atoms with Crippen molar-refractivity contribution in [1.29, 1.82) is 0 Å². The Kier molecular flexibility index (Phi) is 6.31. The van der Waals surface area contributed by atoms with E-state index in [1.165, 1.54) is 19.3 Å². The Morgan fingerprint density at radius 1 is 1.19 bits per heavy atom. The molecular formula is C21H28N2O3. The minimum Gasteiger partial charge on any atom is -0.467 e. The van der Waals surface area contributed by atoms with Gasteiger partial charge in [-0.15, -0.1) is 0 Å². The van der Waals surface area contributed by atoms with Gasteiger partial charge in [-0.1, -0.05) is 68.1 Å². The van der Waals surface area contributed by atoms with Gasteiger partial charge in [0.2, 0.25) is 11.8 Å². The maximum Gasteiger partial charge on any atom is 0.230 e. The average Bonchev–Trinajstić information content (AvgIpc) is 2.65. The number of amides is 1. The fraction of sp³-hybridized carbons (Fsp3) is 0.524. The van der Waals surface area contributed by atoms with Crippen LogP contribution in [0.15, 0.2) is 47.8 Å². The highest BCUT2D eigenvalue weighted by Gasteiger charge is 2.42. The molecular weight excluding hydrogens is 328 g/mol. The largest absolute Gasteiger partial charge is 0.467 e. The number of hydrogen-bond donors (Lipinski definition) is 0. The SMILES string of the molecule is CCCCCCC1C2ON=C(Cc3ccccc3)OC2C=CN1C(C)=O. The molecule has 3 atom stereocenters. The van der Waals surface area contributed by atoms with Gasteiger partial charge in [-0.2, -0.15) is 0 Å². The fourth-order valence-electron chi connectivity index (χ4n) is 3.58. The molecule has 26 heavy (non-hydrogen) atoms. The highest BCUT2D eigenvalue weighted by atomic mass is 16.7. The first-order valence-electron chi connectivity index (χ1n) is 9.59. The molecule has 0 aliphatic carbocycles. The van der Waals surface area contributed by atoms with Crippen LogP contribution in [-0.4, -0.2) is 35.0 Å². The van der Waals surface area contributed by atoms with Gasteiger partial charge in [0.05, 0.1) is 12.5 Å². The molecule has 0 N–H and O–H groups in total. The van der Waals surface area contributed by atoms with Gasteiger partial charge in [0.25, 0.3) is 0 Å². The lowest BCUT2D eigenvalue weighted by atomic mass is 9.94. The van der Waals surface area contributed by atoms with Crippen molar-refractivity contribution in [3.05, 3.63) is 48.2 Å². The molecule has 0 bridgehead atoms. The molecule has 0 saturated carbocycles. The summed E-state index contributed by atoms with van der Waals surface area (Å²) in [6.07, 6.45) is 9.48. The summed E-state index contributed by atoms with van der Waals surface area (Å²) in [7, 11) is 0. The van der Waals surface area contributed by atoms with Crippen LogP contribution in [-0.2, 0) is 20.8 Å². The van der Waals surface area contributed by atoms with Crippen LogP contribution in [0, 0.1) is 0 Å². The maximum absolute atomic E-state index is 12.0. The summed E-state index contributed by atoms with van der Waals surface area (Å²) < 4.78 is 6.08. The number of fused-ring (bicyclic) bond motifs is 1. The Labute approximate surface area is 155 Å². The van der Waals surface area contributed by atoms with E-state index in [2.05, 4.69) is 12.1 Å². The van der Waals surface area contributed by atoms with Gasteiger partial charge in [-0.05, 0) is 18.1 Å². The summed E-state index contributed by atoms with van der Waals surface area (Å²) in [4.78, 5) is 19.6. The van der Waals surface area contributed by atoms with Crippen LogP contribution in [0.5, 0.6) is 0 Å². The second kappa shape index (κ2) is 8.88. The number of unbranched alkanes of at least 4 members (excludes halogenated alkanes) is 3. The Morgan fingerprint density at radius 2 is 2.00 bits per heavy atom. The number of benzene rings is 1. The normalized spacial score (nSPS) is 24.3. The molecule has 2 aliphatic heterocycles. The third-order valence-corrected chi connectivity index (χ3v) is 4.96. The second-order valence-electron chi connectivity index (χ2n) is 6.98. The number of carbonyl (C=O) groups is 1. The van der Waals surface area contributed by atoms with Gasteiger partial charge in [-0.25, -0.2) is 0 Å². The monoisotopic (exact) mass is 356 g/mol. The lowest BCUT2D eigenvalue weighted by Gasteiger charge is -2.41. The molecule has 140 valence electrons. The lowest BCUT2D eigenvalue weighted by molar-refractivity contribution is -0.138. The van der Waals surface area contributed by atoms with Gasteiger partial charge in [0.15, 0.2) is 12.2 Å². The van der Waals surface area contributed by atoms with Crippen molar-refractivity contribution in [2.45, 2.75) is 70.6 Å². The summed E-state index contributed by atoms with van der Waals surface area (Å²) in [5.74, 6) is 0.617. The second-order valence-corrected chi connectivity index (χ2v) is 6.98. The summed E-state index contributed by atoms with van der Waals surface area (Å²) in [5.41, 5.74) is 1.13. The maximum atomic E-state index is 12.0. The van der Waals surface area contributed by atoms with E-state index in [-0.39, 0.29) is 24.2 Å². The number of rotatable bonds is 7. The van der Waals surface area contributed by atoms with Gasteiger partial charge in [0, 0.05) is 13.1 Å². The molecule has 0 saturated heterocycles. The van der Waals surface area contributed by atoms with E-state index in [1.807, 2.05) is 42.6 Å². The molecule has 1 aromatic rings. The Balaban J connectivity index is 1.68. The average molecular weight is 356 g/mol. The number of nitrogens with zero attached hydrogens (tertiary/aromatic N) is 2. The van der Waals surface area contributed by atoms with Crippen molar-refractivity contribution in [2.24, 2.45) is 5.16 Å². The van der Waals surface area contributed by atoms with Crippen LogP contribution >= 0.6 is 0 Å². The summed E-state index contributed by atoms with van der Waals surface area (Å²) in [5, 5.41) is 4.22. The quantitative estimate of drug-likeness (QED) is 0.693. The third-order valence-electron chi connectivity index (χ3n) is 4.96. The van der Waals surface area contributed by atoms with Crippen LogP contribution in [0.3, 0.4) is 0 Å². The van der Waals surface area contributed by atoms with Crippen molar-refractivity contribution < 1.29 is 14.4 Å². The molecule has 0 radical (unpaired) electrons. The summed E-state index contributed by atoms with van der Waals surface area (Å²) >= 11 is 0. The Hall–Kier alpha value is -2.30. The van der Waals surface area contributed by atoms with Crippen molar-refractivity contribution in [3.63, 3.8) is 0 Å². The summed E-state index contributed by atoms with van der Waals surface area (Å²) in [6.45, 7) is 3.79. The first-order chi connectivity index (χ1) is 12.7. The molecule has 1 aromatic carbocycles. The Morgan fingerprint density at radius 3 is 2.73 bits per heavy atom. The number of carbonyl (C=O) groups excluding carboxylic acids is 1. The standard InChI is InChI=1S/C21H28N2O3/c1-3-4-5-9-12-18-21-19(13-14-23(18)16(2)24)25-20(22-26-21)15-17-10-7-6-8-11-17/h6-8,10-11,13-14,18-19,21H,3-5,9,12,15H2,1-2H3. The first-order valence-corrected chi connectivity index (χ1v) is 9.59. The predicted octanol–water partition coefficient (Wildman–Crippen LogP) is 4.04. The molecule has 3 rings (SSSR count). The van der Waals surface area contributed by atoms with E-state index in [9.17, 15) is 4.79 Å². The molecule has 0 spiro atoms. The van der Waals surface area contributed by atoms with Crippen molar-refractivity contribution >= 4 is 11.8 Å². The van der Waals surface area contributed by atoms with E-state index in [1.54, 1.807) is 11.8 Å². The highest BCUT2D eigenvalue weighted by molar-refractivity contribution is 5.79. The zero-order valence-electron chi connectivity index (χ0n) is 15.6. The van der Waals surface area contributed by atoms with Gasteiger partial charge < -0.3 is 14.5 Å². The molecule has 0 fully saturated rings. The minimum absolute atomic E-state index is 0.0265. The summed E-state index contributed by atoms with van der Waals surface area (Å²) in [6, 6.07) is 10.1. The smallest absolute Gasteiger partial charge is 0.230 e. The van der Waals surface area contributed by atoms with Gasteiger partial charge >= 0.3 is 0 Å². The van der Waals surface area contributed by atoms with Crippen molar-refractivity contribution in [1.82, 2.24) is 4.90 Å². The van der Waals surface area contributed by atoms with Crippen LogP contribution < -0.4 is 0 Å². The van der Waals surface area contributed by atoms with Crippen LogP contribution in [0.25, 0.3) is 0 Å². The minimum atomic E-state index is -0.245.